The molecule has 6 rings (SSSR count). The topological polar surface area (TPSA) is 82.7 Å². The number of carbonyl (C=O) groups is 2. The Hall–Kier alpha value is -2.32. The Morgan fingerprint density at radius 3 is 2.59 bits per heavy atom. The van der Waals surface area contributed by atoms with E-state index in [2.05, 4.69) is 51.2 Å². The Kier molecular flexibility index (Phi) is 5.22. The zero-order valence-corrected chi connectivity index (χ0v) is 18.1. The summed E-state index contributed by atoms with van der Waals surface area (Å²) in [6.45, 7) is 2.92. The van der Waals surface area contributed by atoms with E-state index in [9.17, 15) is 9.59 Å². The quantitative estimate of drug-likeness (QED) is 0.665. The third-order valence-electron chi connectivity index (χ3n) is 7.78. The van der Waals surface area contributed by atoms with Gasteiger partial charge in [0.15, 0.2) is 0 Å². The molecule has 168 valence electrons. The van der Waals surface area contributed by atoms with Gasteiger partial charge in [0, 0.05) is 37.4 Å². The first kappa shape index (κ1) is 20.3. The first-order chi connectivity index (χ1) is 15.7. The third-order valence-corrected chi connectivity index (χ3v) is 7.78. The standard InChI is InChI=1S/C25H30N4O3/c30-19-10-4-9-18-21(19)20(17-8-3-6-15-5-1-2-7-16(15)17)22-23(26-18)27-25(28-24(22)31)29-11-13-32-14-12-29/h1-3,5-8,18,20-23,25-27H,4,9-14H2,(H,28,31). The summed E-state index contributed by atoms with van der Waals surface area (Å²) >= 11 is 0. The van der Waals surface area contributed by atoms with Crippen LogP contribution in [0.5, 0.6) is 0 Å². The smallest absolute Gasteiger partial charge is 0.228 e. The van der Waals surface area contributed by atoms with Gasteiger partial charge in [-0.2, -0.15) is 0 Å². The van der Waals surface area contributed by atoms with Crippen molar-refractivity contribution in [2.75, 3.05) is 26.3 Å². The van der Waals surface area contributed by atoms with Gasteiger partial charge in [-0.1, -0.05) is 42.5 Å². The average molecular weight is 435 g/mol. The number of hydrogen-bond acceptors (Lipinski definition) is 6. The molecule has 32 heavy (non-hydrogen) atoms. The zero-order valence-electron chi connectivity index (χ0n) is 18.1. The fourth-order valence-electron chi connectivity index (χ4n) is 6.34. The van der Waals surface area contributed by atoms with Crippen molar-refractivity contribution in [1.82, 2.24) is 20.9 Å². The van der Waals surface area contributed by atoms with Crippen LogP contribution in [0.3, 0.4) is 0 Å². The van der Waals surface area contributed by atoms with Gasteiger partial charge in [-0.05, 0) is 29.2 Å². The van der Waals surface area contributed by atoms with Crippen molar-refractivity contribution in [3.63, 3.8) is 0 Å². The van der Waals surface area contributed by atoms with Gasteiger partial charge in [0.2, 0.25) is 5.91 Å². The molecule has 1 aliphatic carbocycles. The molecule has 0 spiro atoms. The molecule has 3 N–H and O–H groups in total. The highest BCUT2D eigenvalue weighted by Crippen LogP contribution is 2.46. The van der Waals surface area contributed by atoms with E-state index in [4.69, 9.17) is 4.74 Å². The van der Waals surface area contributed by atoms with E-state index in [-0.39, 0.29) is 47.9 Å². The molecule has 6 unspecified atom stereocenters. The van der Waals surface area contributed by atoms with E-state index in [1.807, 2.05) is 12.1 Å². The first-order valence-corrected chi connectivity index (χ1v) is 11.9. The van der Waals surface area contributed by atoms with Gasteiger partial charge in [-0.25, -0.2) is 0 Å². The van der Waals surface area contributed by atoms with E-state index in [0.29, 0.717) is 19.6 Å². The van der Waals surface area contributed by atoms with Crippen LogP contribution in [0.25, 0.3) is 10.8 Å². The SMILES string of the molecule is O=C1CCCC2NC3NC(N4CCOCC4)NC(=O)C3C(c3cccc4ccccc34)C12. The second-order valence-electron chi connectivity index (χ2n) is 9.48. The maximum atomic E-state index is 13.6. The largest absolute Gasteiger partial charge is 0.379 e. The van der Waals surface area contributed by atoms with Crippen LogP contribution in [0.15, 0.2) is 42.5 Å². The minimum atomic E-state index is -0.346. The summed E-state index contributed by atoms with van der Waals surface area (Å²) in [6, 6.07) is 14.7. The van der Waals surface area contributed by atoms with E-state index in [0.717, 1.165) is 42.3 Å². The van der Waals surface area contributed by atoms with Gasteiger partial charge >= 0.3 is 0 Å². The van der Waals surface area contributed by atoms with Crippen LogP contribution < -0.4 is 16.0 Å². The number of amides is 1. The highest BCUT2D eigenvalue weighted by molar-refractivity contribution is 5.92. The number of nitrogens with one attached hydrogen (secondary N) is 3. The number of rotatable bonds is 2. The van der Waals surface area contributed by atoms with Crippen LogP contribution >= 0.6 is 0 Å². The highest BCUT2D eigenvalue weighted by Gasteiger charge is 2.54. The molecule has 4 fully saturated rings. The second kappa shape index (κ2) is 8.23. The van der Waals surface area contributed by atoms with Crippen molar-refractivity contribution >= 4 is 22.5 Å². The van der Waals surface area contributed by atoms with Crippen molar-refractivity contribution < 1.29 is 14.3 Å². The summed E-state index contributed by atoms with van der Waals surface area (Å²) < 4.78 is 5.49. The summed E-state index contributed by atoms with van der Waals surface area (Å²) in [7, 11) is 0. The summed E-state index contributed by atoms with van der Waals surface area (Å²) in [5.74, 6) is -0.367. The van der Waals surface area contributed by atoms with Crippen LogP contribution in [-0.4, -0.2) is 61.4 Å². The highest BCUT2D eigenvalue weighted by atomic mass is 16.5. The molecule has 1 amide bonds. The van der Waals surface area contributed by atoms with Gasteiger partial charge in [0.1, 0.15) is 12.1 Å². The van der Waals surface area contributed by atoms with Crippen LogP contribution in [0.4, 0.5) is 0 Å². The minimum absolute atomic E-state index is 0.0208. The number of carbonyl (C=O) groups excluding carboxylic acids is 2. The van der Waals surface area contributed by atoms with Crippen LogP contribution in [-0.2, 0) is 14.3 Å². The Morgan fingerprint density at radius 1 is 0.906 bits per heavy atom. The fourth-order valence-corrected chi connectivity index (χ4v) is 6.34. The van der Waals surface area contributed by atoms with Gasteiger partial charge in [0.05, 0.1) is 25.3 Å². The number of nitrogens with zero attached hydrogens (tertiary/aromatic N) is 1. The lowest BCUT2D eigenvalue weighted by atomic mass is 9.63. The summed E-state index contributed by atoms with van der Waals surface area (Å²) in [5.41, 5.74) is 1.12. The lowest BCUT2D eigenvalue weighted by Crippen LogP contribution is -2.76. The predicted octanol–water partition coefficient (Wildman–Crippen LogP) is 1.54. The fraction of sp³-hybridized carbons (Fsp3) is 0.520. The maximum Gasteiger partial charge on any atom is 0.228 e. The van der Waals surface area contributed by atoms with Gasteiger partial charge in [-0.15, -0.1) is 0 Å². The number of fused-ring (bicyclic) bond motifs is 3. The number of ketones is 1. The van der Waals surface area contributed by atoms with Crippen LogP contribution in [0.2, 0.25) is 0 Å². The molecule has 0 bridgehead atoms. The Morgan fingerprint density at radius 2 is 1.72 bits per heavy atom. The third kappa shape index (κ3) is 3.35. The summed E-state index contributed by atoms with van der Waals surface area (Å²) in [4.78, 5) is 29.1. The normalized spacial score (nSPS) is 35.8. The molecular formula is C25H30N4O3. The van der Waals surface area contributed by atoms with Crippen molar-refractivity contribution in [3.05, 3.63) is 48.0 Å². The van der Waals surface area contributed by atoms with Crippen LogP contribution in [0.1, 0.15) is 30.7 Å². The van der Waals surface area contributed by atoms with Crippen molar-refractivity contribution in [3.8, 4) is 0 Å². The zero-order chi connectivity index (χ0) is 21.7. The molecule has 3 saturated heterocycles. The molecule has 3 aliphatic heterocycles. The molecule has 1 saturated carbocycles. The second-order valence-corrected chi connectivity index (χ2v) is 9.48. The molecule has 7 nitrogen and oxygen atoms in total. The first-order valence-electron chi connectivity index (χ1n) is 11.9. The number of piperidine rings is 1. The molecule has 0 radical (unpaired) electrons. The number of hydrogen-bond donors (Lipinski definition) is 3. The molecular weight excluding hydrogens is 404 g/mol. The van der Waals surface area contributed by atoms with E-state index >= 15 is 0 Å². The molecule has 0 aromatic heterocycles. The summed E-state index contributed by atoms with van der Waals surface area (Å²) in [5, 5.41) is 12.9. The van der Waals surface area contributed by atoms with Gasteiger partial charge in [-0.3, -0.25) is 25.1 Å². The molecule has 2 aromatic rings. The number of benzene rings is 2. The number of morpholine rings is 1. The summed E-state index contributed by atoms with van der Waals surface area (Å²) in [6.07, 6.45) is 2.09. The lowest BCUT2D eigenvalue weighted by Gasteiger charge is -2.53. The Bertz CT molecular complexity index is 1030. The van der Waals surface area contributed by atoms with E-state index in [1.165, 1.54) is 0 Å². The molecule has 2 aromatic carbocycles. The van der Waals surface area contributed by atoms with Gasteiger partial charge < -0.3 is 10.1 Å². The minimum Gasteiger partial charge on any atom is -0.379 e. The van der Waals surface area contributed by atoms with Crippen molar-refractivity contribution in [1.29, 1.82) is 0 Å². The van der Waals surface area contributed by atoms with Crippen molar-refractivity contribution in [2.24, 2.45) is 11.8 Å². The Labute approximate surface area is 187 Å². The van der Waals surface area contributed by atoms with E-state index < -0.39 is 0 Å². The molecule has 4 aliphatic rings. The lowest BCUT2D eigenvalue weighted by molar-refractivity contribution is -0.143. The monoisotopic (exact) mass is 434 g/mol. The number of Topliss-reactive ketones (excluding diaryl/α,β-unsaturated/α-hetero) is 1. The van der Waals surface area contributed by atoms with E-state index in [1.54, 1.807) is 0 Å². The average Bonchev–Trinajstić information content (AvgIpc) is 2.83. The maximum absolute atomic E-state index is 13.6. The molecule has 6 atom stereocenters. The van der Waals surface area contributed by atoms with Gasteiger partial charge in [0.25, 0.3) is 0 Å². The van der Waals surface area contributed by atoms with Crippen molar-refractivity contribution in [2.45, 2.75) is 43.7 Å². The molecule has 3 heterocycles. The Balaban J connectivity index is 1.41. The van der Waals surface area contributed by atoms with Crippen LogP contribution in [0, 0.1) is 11.8 Å². The molecule has 7 heteroatoms. The number of ether oxygens (including phenoxy) is 1. The predicted molar refractivity (Wildman–Crippen MR) is 121 cm³/mol.